The average molecular weight is 270 g/mol. The zero-order valence-corrected chi connectivity index (χ0v) is 11.4. The monoisotopic (exact) mass is 270 g/mol. The molecule has 0 aliphatic carbocycles. The molecule has 18 heavy (non-hydrogen) atoms. The first-order valence-corrected chi connectivity index (χ1v) is 6.98. The van der Waals surface area contributed by atoms with Gasteiger partial charge >= 0.3 is 0 Å². The quantitative estimate of drug-likeness (QED) is 0.260. The van der Waals surface area contributed by atoms with E-state index in [9.17, 15) is 0 Å². The standard InChI is InChI=1S/C12H18N2O3S/c1-3-16-11-8-9(12(13)14-15)4-5-10(11)17-6-7-18-2/h4-5,8,15H,3,6-7H2,1-2H3,(H2,13,14). The Kier molecular flexibility index (Phi) is 6.21. The number of oxime groups is 1. The number of ether oxygens (including phenoxy) is 2. The highest BCUT2D eigenvalue weighted by Crippen LogP contribution is 2.28. The molecule has 0 aromatic heterocycles. The normalized spacial score (nSPS) is 11.3. The summed E-state index contributed by atoms with van der Waals surface area (Å²) in [7, 11) is 0. The molecule has 3 N–H and O–H groups in total. The second-order valence-electron chi connectivity index (χ2n) is 3.42. The molecule has 0 radical (unpaired) electrons. The Balaban J connectivity index is 2.89. The summed E-state index contributed by atoms with van der Waals surface area (Å²) in [5.74, 6) is 2.22. The van der Waals surface area contributed by atoms with Gasteiger partial charge in [0.2, 0.25) is 0 Å². The van der Waals surface area contributed by atoms with E-state index < -0.39 is 0 Å². The molecule has 1 aromatic carbocycles. The van der Waals surface area contributed by atoms with Gasteiger partial charge in [0.1, 0.15) is 0 Å². The predicted octanol–water partition coefficient (Wildman–Crippen LogP) is 1.92. The number of nitrogens with zero attached hydrogens (tertiary/aromatic N) is 1. The van der Waals surface area contributed by atoms with Crippen molar-refractivity contribution in [1.29, 1.82) is 0 Å². The van der Waals surface area contributed by atoms with Gasteiger partial charge in [-0.05, 0) is 31.4 Å². The molecular formula is C12H18N2O3S. The predicted molar refractivity (Wildman–Crippen MR) is 74.0 cm³/mol. The third-order valence-corrected chi connectivity index (χ3v) is 2.77. The molecule has 0 bridgehead atoms. The van der Waals surface area contributed by atoms with E-state index in [0.717, 1.165) is 5.75 Å². The van der Waals surface area contributed by atoms with Crippen LogP contribution in [0.15, 0.2) is 23.4 Å². The van der Waals surface area contributed by atoms with Gasteiger partial charge in [-0.25, -0.2) is 0 Å². The minimum absolute atomic E-state index is 0.0478. The number of nitrogens with two attached hydrogens (primary N) is 1. The molecule has 0 heterocycles. The van der Waals surface area contributed by atoms with E-state index in [4.69, 9.17) is 20.4 Å². The largest absolute Gasteiger partial charge is 0.490 e. The van der Waals surface area contributed by atoms with E-state index >= 15 is 0 Å². The second-order valence-corrected chi connectivity index (χ2v) is 4.41. The van der Waals surface area contributed by atoms with Crippen molar-refractivity contribution in [3.63, 3.8) is 0 Å². The molecule has 100 valence electrons. The Morgan fingerprint density at radius 2 is 2.17 bits per heavy atom. The number of rotatable bonds is 7. The lowest BCUT2D eigenvalue weighted by molar-refractivity contribution is 0.289. The van der Waals surface area contributed by atoms with Crippen molar-refractivity contribution in [2.24, 2.45) is 10.9 Å². The summed E-state index contributed by atoms with van der Waals surface area (Å²) >= 11 is 1.71. The van der Waals surface area contributed by atoms with Crippen LogP contribution in [0.25, 0.3) is 0 Å². The summed E-state index contributed by atoms with van der Waals surface area (Å²) in [4.78, 5) is 0. The van der Waals surface area contributed by atoms with Crippen LogP contribution in [0.3, 0.4) is 0 Å². The third kappa shape index (κ3) is 4.03. The van der Waals surface area contributed by atoms with Crippen molar-refractivity contribution in [2.75, 3.05) is 25.2 Å². The fourth-order valence-corrected chi connectivity index (χ4v) is 1.60. The molecule has 0 saturated heterocycles. The number of amidine groups is 1. The fourth-order valence-electron chi connectivity index (χ4n) is 1.35. The van der Waals surface area contributed by atoms with Crippen molar-refractivity contribution < 1.29 is 14.7 Å². The average Bonchev–Trinajstić information content (AvgIpc) is 2.40. The first kappa shape index (κ1) is 14.5. The van der Waals surface area contributed by atoms with Crippen molar-refractivity contribution in [3.8, 4) is 11.5 Å². The Morgan fingerprint density at radius 3 is 2.78 bits per heavy atom. The van der Waals surface area contributed by atoms with Crippen molar-refractivity contribution >= 4 is 17.6 Å². The fraction of sp³-hybridized carbons (Fsp3) is 0.417. The molecule has 0 fully saturated rings. The number of hydrogen-bond acceptors (Lipinski definition) is 5. The van der Waals surface area contributed by atoms with Gasteiger partial charge in [0.25, 0.3) is 0 Å². The first-order valence-electron chi connectivity index (χ1n) is 5.59. The van der Waals surface area contributed by atoms with Crippen LogP contribution in [0, 0.1) is 0 Å². The maximum atomic E-state index is 8.64. The lowest BCUT2D eigenvalue weighted by Crippen LogP contribution is -2.13. The summed E-state index contributed by atoms with van der Waals surface area (Å²) in [5, 5.41) is 11.6. The lowest BCUT2D eigenvalue weighted by atomic mass is 10.2. The third-order valence-electron chi connectivity index (χ3n) is 2.19. The first-order chi connectivity index (χ1) is 8.72. The van der Waals surface area contributed by atoms with Crippen LogP contribution in [0.1, 0.15) is 12.5 Å². The Bertz CT molecular complexity index is 410. The van der Waals surface area contributed by atoms with E-state index in [2.05, 4.69) is 5.16 Å². The minimum atomic E-state index is 0.0478. The van der Waals surface area contributed by atoms with E-state index in [1.165, 1.54) is 0 Å². The van der Waals surface area contributed by atoms with Gasteiger partial charge in [-0.2, -0.15) is 11.8 Å². The molecule has 0 amide bonds. The number of thioether (sulfide) groups is 1. The molecule has 0 aliphatic heterocycles. The van der Waals surface area contributed by atoms with Crippen LogP contribution in [-0.4, -0.2) is 36.3 Å². The molecular weight excluding hydrogens is 252 g/mol. The van der Waals surface area contributed by atoms with E-state index in [1.807, 2.05) is 13.2 Å². The highest BCUT2D eigenvalue weighted by atomic mass is 32.2. The van der Waals surface area contributed by atoms with Crippen molar-refractivity contribution in [1.82, 2.24) is 0 Å². The van der Waals surface area contributed by atoms with E-state index in [0.29, 0.717) is 30.3 Å². The van der Waals surface area contributed by atoms with Gasteiger partial charge in [-0.3, -0.25) is 0 Å². The molecule has 1 rings (SSSR count). The molecule has 0 spiro atoms. The van der Waals surface area contributed by atoms with Gasteiger partial charge in [0.15, 0.2) is 17.3 Å². The summed E-state index contributed by atoms with van der Waals surface area (Å²) in [6, 6.07) is 5.19. The minimum Gasteiger partial charge on any atom is -0.490 e. The Labute approximate surface area is 111 Å². The molecule has 1 aromatic rings. The van der Waals surface area contributed by atoms with E-state index in [-0.39, 0.29) is 5.84 Å². The van der Waals surface area contributed by atoms with Crippen LogP contribution in [-0.2, 0) is 0 Å². The van der Waals surface area contributed by atoms with Gasteiger partial charge in [-0.1, -0.05) is 5.16 Å². The Morgan fingerprint density at radius 1 is 1.39 bits per heavy atom. The summed E-state index contributed by atoms with van der Waals surface area (Å²) in [6.07, 6.45) is 2.02. The number of hydrogen-bond donors (Lipinski definition) is 2. The molecule has 0 saturated carbocycles. The van der Waals surface area contributed by atoms with E-state index in [1.54, 1.807) is 30.0 Å². The van der Waals surface area contributed by atoms with Gasteiger partial charge in [-0.15, -0.1) is 0 Å². The molecule has 5 nitrogen and oxygen atoms in total. The number of benzene rings is 1. The van der Waals surface area contributed by atoms with Crippen LogP contribution in [0.2, 0.25) is 0 Å². The second kappa shape index (κ2) is 7.71. The maximum Gasteiger partial charge on any atom is 0.170 e. The van der Waals surface area contributed by atoms with Crippen LogP contribution in [0.5, 0.6) is 11.5 Å². The smallest absolute Gasteiger partial charge is 0.170 e. The van der Waals surface area contributed by atoms with Crippen LogP contribution < -0.4 is 15.2 Å². The highest BCUT2D eigenvalue weighted by Gasteiger charge is 2.08. The lowest BCUT2D eigenvalue weighted by Gasteiger charge is -2.12. The van der Waals surface area contributed by atoms with Crippen molar-refractivity contribution in [2.45, 2.75) is 6.92 Å². The van der Waals surface area contributed by atoms with Gasteiger partial charge in [0, 0.05) is 11.3 Å². The Hall–Kier alpha value is -1.56. The molecule has 0 aliphatic rings. The topological polar surface area (TPSA) is 77.1 Å². The highest BCUT2D eigenvalue weighted by molar-refractivity contribution is 7.98. The van der Waals surface area contributed by atoms with Crippen LogP contribution >= 0.6 is 11.8 Å². The summed E-state index contributed by atoms with van der Waals surface area (Å²) in [6.45, 7) is 3.03. The zero-order valence-electron chi connectivity index (χ0n) is 10.5. The van der Waals surface area contributed by atoms with Gasteiger partial charge in [0.05, 0.1) is 13.2 Å². The zero-order chi connectivity index (χ0) is 13.4. The molecule has 6 heteroatoms. The van der Waals surface area contributed by atoms with Gasteiger partial charge < -0.3 is 20.4 Å². The summed E-state index contributed by atoms with van der Waals surface area (Å²) < 4.78 is 11.1. The summed E-state index contributed by atoms with van der Waals surface area (Å²) in [5.41, 5.74) is 6.13. The molecule has 0 atom stereocenters. The maximum absolute atomic E-state index is 8.64. The van der Waals surface area contributed by atoms with Crippen molar-refractivity contribution in [3.05, 3.63) is 23.8 Å². The molecule has 0 unspecified atom stereocenters. The van der Waals surface area contributed by atoms with Crippen LogP contribution in [0.4, 0.5) is 0 Å². The SMILES string of the molecule is CCOc1cc(/C(N)=N/O)ccc1OCCSC.